The maximum absolute atomic E-state index is 12.8. The van der Waals surface area contributed by atoms with Crippen molar-refractivity contribution >= 4 is 13.6 Å². The first-order chi connectivity index (χ1) is 11.0. The molecule has 24 heavy (non-hydrogen) atoms. The lowest BCUT2D eigenvalue weighted by Gasteiger charge is -2.14. The number of Topliss-reactive ketones (excluding diaryl/α,β-unsaturated/α-hetero) is 1. The lowest BCUT2D eigenvalue weighted by Crippen LogP contribution is -2.11. The van der Waals surface area contributed by atoms with Gasteiger partial charge in [0.05, 0.1) is 19.0 Å². The van der Waals surface area contributed by atoms with Crippen LogP contribution in [0, 0.1) is 0 Å². The van der Waals surface area contributed by atoms with Crippen LogP contribution in [0.25, 0.3) is 11.1 Å². The van der Waals surface area contributed by atoms with E-state index < -0.39 is 23.5 Å². The van der Waals surface area contributed by atoms with E-state index in [4.69, 9.17) is 7.85 Å². The van der Waals surface area contributed by atoms with Crippen molar-refractivity contribution < 1.29 is 31.1 Å². The van der Waals surface area contributed by atoms with Crippen LogP contribution in [-0.2, 0) is 12.4 Å². The molecule has 2 radical (unpaired) electrons. The molecule has 0 aromatic heterocycles. The maximum Gasteiger partial charge on any atom is 0.416 e. The van der Waals surface area contributed by atoms with Crippen LogP contribution in [0.3, 0.4) is 0 Å². The Balaban J connectivity index is 2.55. The number of alkyl halides is 6. The fourth-order valence-electron chi connectivity index (χ4n) is 2.09. The smallest absolute Gasteiger partial charge is 0.295 e. The molecule has 0 spiro atoms. The number of hydrogen-bond acceptors (Lipinski definition) is 1. The molecule has 0 aliphatic heterocycles. The molecule has 0 N–H and O–H groups in total. The predicted molar refractivity (Wildman–Crippen MR) is 76.8 cm³/mol. The van der Waals surface area contributed by atoms with Gasteiger partial charge in [0.15, 0.2) is 5.78 Å². The number of carbonyl (C=O) groups is 1. The van der Waals surface area contributed by atoms with E-state index in [-0.39, 0.29) is 34.9 Å². The van der Waals surface area contributed by atoms with Crippen molar-refractivity contribution in [1.29, 1.82) is 0 Å². The zero-order valence-corrected chi connectivity index (χ0v) is 12.0. The lowest BCUT2D eigenvalue weighted by atomic mass is 9.94. The average Bonchev–Trinajstić information content (AvgIpc) is 2.52. The fourth-order valence-corrected chi connectivity index (χ4v) is 2.09. The minimum Gasteiger partial charge on any atom is -0.295 e. The second-order valence-electron chi connectivity index (χ2n) is 5.00. The van der Waals surface area contributed by atoms with Gasteiger partial charge in [-0.25, -0.2) is 0 Å². The van der Waals surface area contributed by atoms with Gasteiger partial charge in [-0.05, 0) is 35.6 Å². The topological polar surface area (TPSA) is 17.1 Å². The Kier molecular flexibility index (Phi) is 4.78. The molecular weight excluding hydrogens is 333 g/mol. The molecule has 0 aliphatic carbocycles. The first-order valence-corrected chi connectivity index (χ1v) is 6.65. The molecule has 0 amide bonds. The standard InChI is InChI=1S/C16H9BF6O/c17-8-14(24)10-3-1-9(2-4-10)11-5-12(15(18,19)20)7-13(6-11)16(21,22)23/h1-7H,8H2. The average molecular weight is 342 g/mol. The van der Waals surface area contributed by atoms with Crippen molar-refractivity contribution in [2.24, 2.45) is 0 Å². The van der Waals surface area contributed by atoms with E-state index in [9.17, 15) is 31.1 Å². The van der Waals surface area contributed by atoms with Crippen molar-refractivity contribution in [3.63, 3.8) is 0 Å². The summed E-state index contributed by atoms with van der Waals surface area (Å²) in [6.07, 6.45) is -10.1. The van der Waals surface area contributed by atoms with Gasteiger partial charge >= 0.3 is 12.4 Å². The Hall–Kier alpha value is -2.25. The summed E-state index contributed by atoms with van der Waals surface area (Å²) in [5, 5.41) is 0. The summed E-state index contributed by atoms with van der Waals surface area (Å²) in [5.74, 6) is -0.387. The van der Waals surface area contributed by atoms with Gasteiger partial charge in [-0.3, -0.25) is 4.79 Å². The molecule has 0 fully saturated rings. The number of benzene rings is 2. The number of halogens is 6. The van der Waals surface area contributed by atoms with Gasteiger partial charge in [0.1, 0.15) is 0 Å². The summed E-state index contributed by atoms with van der Waals surface area (Å²) in [6, 6.07) is 6.49. The maximum atomic E-state index is 12.8. The third-order valence-corrected chi connectivity index (χ3v) is 3.31. The van der Waals surface area contributed by atoms with Crippen LogP contribution >= 0.6 is 0 Å². The number of ketones is 1. The van der Waals surface area contributed by atoms with E-state index in [1.54, 1.807) is 0 Å². The van der Waals surface area contributed by atoms with E-state index in [1.807, 2.05) is 0 Å². The summed E-state index contributed by atoms with van der Waals surface area (Å²) < 4.78 is 77.0. The molecule has 0 aliphatic rings. The van der Waals surface area contributed by atoms with Gasteiger partial charge in [-0.2, -0.15) is 26.3 Å². The highest BCUT2D eigenvalue weighted by molar-refractivity contribution is 6.24. The molecule has 0 saturated heterocycles. The van der Waals surface area contributed by atoms with Crippen molar-refractivity contribution in [2.45, 2.75) is 18.7 Å². The number of hydrogen-bond donors (Lipinski definition) is 0. The van der Waals surface area contributed by atoms with Crippen LogP contribution in [-0.4, -0.2) is 13.6 Å². The molecule has 0 atom stereocenters. The fraction of sp³-hybridized carbons (Fsp3) is 0.188. The van der Waals surface area contributed by atoms with Crippen molar-refractivity contribution in [1.82, 2.24) is 0 Å². The van der Waals surface area contributed by atoms with Crippen molar-refractivity contribution in [3.05, 3.63) is 59.2 Å². The van der Waals surface area contributed by atoms with E-state index in [0.717, 1.165) is 0 Å². The summed E-state index contributed by atoms with van der Waals surface area (Å²) in [6.45, 7) is 0. The van der Waals surface area contributed by atoms with Gasteiger partial charge in [-0.15, -0.1) is 0 Å². The van der Waals surface area contributed by atoms with Gasteiger partial charge in [-0.1, -0.05) is 24.3 Å². The largest absolute Gasteiger partial charge is 0.416 e. The molecule has 2 aromatic rings. The summed E-state index contributed by atoms with van der Waals surface area (Å²) >= 11 is 0. The van der Waals surface area contributed by atoms with Crippen LogP contribution in [0.5, 0.6) is 0 Å². The van der Waals surface area contributed by atoms with Gasteiger partial charge in [0, 0.05) is 5.56 Å². The number of carbonyl (C=O) groups excluding carboxylic acids is 1. The van der Waals surface area contributed by atoms with E-state index >= 15 is 0 Å². The lowest BCUT2D eigenvalue weighted by molar-refractivity contribution is -0.143. The van der Waals surface area contributed by atoms with E-state index in [1.165, 1.54) is 24.3 Å². The van der Waals surface area contributed by atoms with Crippen LogP contribution < -0.4 is 0 Å². The highest BCUT2D eigenvalue weighted by Crippen LogP contribution is 2.38. The molecule has 1 nitrogen and oxygen atoms in total. The monoisotopic (exact) mass is 342 g/mol. The van der Waals surface area contributed by atoms with Crippen LogP contribution in [0.1, 0.15) is 21.5 Å². The summed E-state index contributed by atoms with van der Waals surface area (Å²) in [5.41, 5.74) is -2.68. The Bertz CT molecular complexity index is 714. The molecule has 0 unspecified atom stereocenters. The minimum atomic E-state index is -4.91. The van der Waals surface area contributed by atoms with Crippen LogP contribution in [0.4, 0.5) is 26.3 Å². The van der Waals surface area contributed by atoms with Gasteiger partial charge in [0.2, 0.25) is 0 Å². The molecule has 2 aromatic carbocycles. The zero-order chi connectivity index (χ0) is 18.1. The Morgan fingerprint density at radius 2 is 1.25 bits per heavy atom. The molecule has 2 rings (SSSR count). The Labute approximate surface area is 134 Å². The zero-order valence-electron chi connectivity index (χ0n) is 12.0. The first kappa shape index (κ1) is 18.1. The third kappa shape index (κ3) is 3.99. The van der Waals surface area contributed by atoms with Gasteiger partial charge in [0.25, 0.3) is 0 Å². The molecule has 8 heteroatoms. The molecule has 0 bridgehead atoms. The highest BCUT2D eigenvalue weighted by Gasteiger charge is 2.36. The molecule has 124 valence electrons. The van der Waals surface area contributed by atoms with Crippen LogP contribution in [0.15, 0.2) is 42.5 Å². The number of rotatable bonds is 3. The second-order valence-corrected chi connectivity index (χ2v) is 5.00. The SMILES string of the molecule is [B]CC(=O)c1ccc(-c2cc(C(F)(F)F)cc(C(F)(F)F)c2)cc1. The molecule has 0 saturated carbocycles. The third-order valence-electron chi connectivity index (χ3n) is 3.31. The minimum absolute atomic E-state index is 0.0653. The Morgan fingerprint density at radius 3 is 1.62 bits per heavy atom. The first-order valence-electron chi connectivity index (χ1n) is 6.65. The van der Waals surface area contributed by atoms with E-state index in [0.29, 0.717) is 12.1 Å². The van der Waals surface area contributed by atoms with E-state index in [2.05, 4.69) is 0 Å². The molecule has 0 heterocycles. The second kappa shape index (κ2) is 6.34. The normalized spacial score (nSPS) is 12.2. The van der Waals surface area contributed by atoms with Crippen molar-refractivity contribution in [2.75, 3.05) is 0 Å². The summed E-state index contributed by atoms with van der Waals surface area (Å²) in [4.78, 5) is 11.4. The van der Waals surface area contributed by atoms with Gasteiger partial charge < -0.3 is 0 Å². The van der Waals surface area contributed by atoms with Crippen molar-refractivity contribution in [3.8, 4) is 11.1 Å². The summed E-state index contributed by atoms with van der Waals surface area (Å²) in [7, 11) is 5.19. The Morgan fingerprint density at radius 1 is 0.792 bits per heavy atom. The molecular formula is C16H9BF6O. The van der Waals surface area contributed by atoms with Crippen LogP contribution in [0.2, 0.25) is 6.32 Å². The quantitative estimate of drug-likeness (QED) is 0.428. The predicted octanol–water partition coefficient (Wildman–Crippen LogP) is 5.16. The highest BCUT2D eigenvalue weighted by atomic mass is 19.4.